The van der Waals surface area contributed by atoms with Crippen molar-refractivity contribution in [2.75, 3.05) is 24.5 Å². The van der Waals surface area contributed by atoms with Crippen LogP contribution in [0.5, 0.6) is 0 Å². The third-order valence-corrected chi connectivity index (χ3v) is 5.31. The number of carbonyl (C=O) groups is 1. The molecule has 1 fully saturated rings. The second kappa shape index (κ2) is 8.55. The van der Waals surface area contributed by atoms with Gasteiger partial charge >= 0.3 is 0 Å². The number of anilines is 1. The second-order valence-electron chi connectivity index (χ2n) is 7.68. The molecule has 0 aromatic carbocycles. The third kappa shape index (κ3) is 4.52. The Bertz CT molecular complexity index is 979. The lowest BCUT2D eigenvalue weighted by atomic mass is 9.97. The lowest BCUT2D eigenvalue weighted by Crippen LogP contribution is -2.44. The van der Waals surface area contributed by atoms with Gasteiger partial charge in [0.15, 0.2) is 5.65 Å². The van der Waals surface area contributed by atoms with Crippen LogP contribution in [-0.4, -0.2) is 50.1 Å². The topological polar surface area (TPSA) is 88.3 Å². The van der Waals surface area contributed by atoms with Crippen molar-refractivity contribution in [3.05, 3.63) is 47.7 Å². The molecule has 8 heteroatoms. The number of nitrogens with zero attached hydrogens (tertiary/aromatic N) is 6. The van der Waals surface area contributed by atoms with Crippen LogP contribution in [0.1, 0.15) is 36.5 Å². The predicted octanol–water partition coefficient (Wildman–Crippen LogP) is 2.10. The van der Waals surface area contributed by atoms with Gasteiger partial charge in [0.2, 0.25) is 11.9 Å². The quantitative estimate of drug-likeness (QED) is 0.645. The molecule has 4 rings (SSSR count). The highest BCUT2D eigenvalue weighted by Crippen LogP contribution is 2.21. The van der Waals surface area contributed by atoms with E-state index in [1.54, 1.807) is 0 Å². The molecule has 1 unspecified atom stereocenters. The van der Waals surface area contributed by atoms with Gasteiger partial charge in [0.05, 0.1) is 5.92 Å². The van der Waals surface area contributed by atoms with Crippen molar-refractivity contribution in [3.8, 4) is 0 Å². The second-order valence-corrected chi connectivity index (χ2v) is 7.68. The van der Waals surface area contributed by atoms with E-state index in [0.717, 1.165) is 61.0 Å². The van der Waals surface area contributed by atoms with E-state index in [0.29, 0.717) is 13.1 Å². The van der Waals surface area contributed by atoms with Gasteiger partial charge in [-0.3, -0.25) is 9.20 Å². The Morgan fingerprint density at radius 3 is 2.86 bits per heavy atom. The molecule has 3 aromatic heterocycles. The first-order valence-electron chi connectivity index (χ1n) is 10.2. The summed E-state index contributed by atoms with van der Waals surface area (Å²) in [5.74, 6) is 1.75. The van der Waals surface area contributed by atoms with Crippen LogP contribution in [0.3, 0.4) is 0 Å². The summed E-state index contributed by atoms with van der Waals surface area (Å²) in [5.41, 5.74) is 2.77. The van der Waals surface area contributed by atoms with E-state index in [-0.39, 0.29) is 11.8 Å². The van der Waals surface area contributed by atoms with Crippen molar-refractivity contribution < 1.29 is 4.79 Å². The Morgan fingerprint density at radius 2 is 2.03 bits per heavy atom. The molecule has 1 aliphatic heterocycles. The van der Waals surface area contributed by atoms with Gasteiger partial charge in [-0.2, -0.15) is 0 Å². The summed E-state index contributed by atoms with van der Waals surface area (Å²) >= 11 is 0. The third-order valence-electron chi connectivity index (χ3n) is 5.31. The number of amides is 1. The maximum Gasteiger partial charge on any atom is 0.225 e. The first kappa shape index (κ1) is 19.3. The van der Waals surface area contributed by atoms with E-state index in [1.165, 1.54) is 0 Å². The minimum absolute atomic E-state index is 0.0258. The lowest BCUT2D eigenvalue weighted by Gasteiger charge is -2.32. The van der Waals surface area contributed by atoms with Gasteiger partial charge in [-0.25, -0.2) is 9.97 Å². The van der Waals surface area contributed by atoms with Gasteiger partial charge in [0.1, 0.15) is 5.82 Å². The van der Waals surface area contributed by atoms with Gasteiger partial charge in [0, 0.05) is 43.6 Å². The molecule has 0 spiro atoms. The molecule has 0 aliphatic carbocycles. The first-order valence-corrected chi connectivity index (χ1v) is 10.2. The fourth-order valence-corrected chi connectivity index (χ4v) is 3.89. The van der Waals surface area contributed by atoms with Crippen LogP contribution in [0.25, 0.3) is 5.65 Å². The minimum Gasteiger partial charge on any atom is -0.356 e. The van der Waals surface area contributed by atoms with Crippen molar-refractivity contribution >= 4 is 17.5 Å². The van der Waals surface area contributed by atoms with Crippen LogP contribution in [0, 0.1) is 19.8 Å². The van der Waals surface area contributed by atoms with Gasteiger partial charge in [-0.15, -0.1) is 10.2 Å². The van der Waals surface area contributed by atoms with Gasteiger partial charge in [-0.05, 0) is 51.3 Å². The fraction of sp³-hybridized carbons (Fsp3) is 0.476. The molecule has 1 N–H and O–H groups in total. The van der Waals surface area contributed by atoms with E-state index in [2.05, 4.69) is 30.4 Å². The molecule has 4 heterocycles. The number of hydrogen-bond acceptors (Lipinski definition) is 6. The number of nitrogens with one attached hydrogen (secondary N) is 1. The average molecular weight is 393 g/mol. The predicted molar refractivity (Wildman–Crippen MR) is 111 cm³/mol. The molecule has 0 radical (unpaired) electrons. The molecule has 0 bridgehead atoms. The van der Waals surface area contributed by atoms with Crippen molar-refractivity contribution in [1.82, 2.24) is 29.9 Å². The van der Waals surface area contributed by atoms with Gasteiger partial charge in [0.25, 0.3) is 0 Å². The molecule has 1 aliphatic rings. The number of fused-ring (bicyclic) bond motifs is 1. The number of piperidine rings is 1. The van der Waals surface area contributed by atoms with Crippen molar-refractivity contribution in [3.63, 3.8) is 0 Å². The number of hydrogen-bond donors (Lipinski definition) is 1. The van der Waals surface area contributed by atoms with Crippen LogP contribution < -0.4 is 10.2 Å². The Hall–Kier alpha value is -3.03. The number of aryl methyl sites for hydroxylation is 3. The SMILES string of the molecule is Cc1cc(C)nc(N2CCCC(C(=O)NCCCc3nnc4ccccn34)C2)n1. The molecular formula is C21H27N7O. The molecule has 8 nitrogen and oxygen atoms in total. The van der Waals surface area contributed by atoms with Crippen molar-refractivity contribution in [1.29, 1.82) is 0 Å². The Kier molecular flexibility index (Phi) is 5.69. The number of carbonyl (C=O) groups excluding carboxylic acids is 1. The maximum atomic E-state index is 12.7. The zero-order valence-corrected chi connectivity index (χ0v) is 17.0. The molecule has 1 saturated heterocycles. The number of rotatable bonds is 6. The highest BCUT2D eigenvalue weighted by molar-refractivity contribution is 5.79. The molecule has 152 valence electrons. The summed E-state index contributed by atoms with van der Waals surface area (Å²) in [6, 6.07) is 7.82. The minimum atomic E-state index is -0.0258. The van der Waals surface area contributed by atoms with Crippen LogP contribution in [0.15, 0.2) is 30.5 Å². The monoisotopic (exact) mass is 393 g/mol. The lowest BCUT2D eigenvalue weighted by molar-refractivity contribution is -0.125. The van der Waals surface area contributed by atoms with Crippen LogP contribution in [0.4, 0.5) is 5.95 Å². The summed E-state index contributed by atoms with van der Waals surface area (Å²) in [5, 5.41) is 11.5. The van der Waals surface area contributed by atoms with Gasteiger partial charge in [-0.1, -0.05) is 6.07 Å². The van der Waals surface area contributed by atoms with E-state index in [1.807, 2.05) is 48.7 Å². The van der Waals surface area contributed by atoms with E-state index >= 15 is 0 Å². The highest BCUT2D eigenvalue weighted by Gasteiger charge is 2.27. The summed E-state index contributed by atoms with van der Waals surface area (Å²) in [4.78, 5) is 23.9. The molecular weight excluding hydrogens is 366 g/mol. The number of pyridine rings is 1. The highest BCUT2D eigenvalue weighted by atomic mass is 16.1. The van der Waals surface area contributed by atoms with Gasteiger partial charge < -0.3 is 10.2 Å². The molecule has 1 atom stereocenters. The zero-order valence-electron chi connectivity index (χ0n) is 17.0. The molecule has 29 heavy (non-hydrogen) atoms. The Labute approximate surface area is 170 Å². The van der Waals surface area contributed by atoms with Crippen LogP contribution in [-0.2, 0) is 11.2 Å². The Balaban J connectivity index is 1.28. The average Bonchev–Trinajstić information content (AvgIpc) is 3.13. The van der Waals surface area contributed by atoms with Crippen LogP contribution >= 0.6 is 0 Å². The molecule has 3 aromatic rings. The summed E-state index contributed by atoms with van der Waals surface area (Å²) in [6.45, 7) is 6.16. The summed E-state index contributed by atoms with van der Waals surface area (Å²) in [6.07, 6.45) is 5.45. The smallest absolute Gasteiger partial charge is 0.225 e. The van der Waals surface area contributed by atoms with E-state index in [9.17, 15) is 4.79 Å². The first-order chi connectivity index (χ1) is 14.1. The zero-order chi connectivity index (χ0) is 20.2. The Morgan fingerprint density at radius 1 is 1.21 bits per heavy atom. The number of aromatic nitrogens is 5. The molecule has 0 saturated carbocycles. The maximum absolute atomic E-state index is 12.7. The fourth-order valence-electron chi connectivity index (χ4n) is 3.89. The largest absolute Gasteiger partial charge is 0.356 e. The van der Waals surface area contributed by atoms with Crippen molar-refractivity contribution in [2.45, 2.75) is 39.5 Å². The summed E-state index contributed by atoms with van der Waals surface area (Å²) < 4.78 is 1.99. The standard InChI is InChI=1S/C21H27N7O/c1-15-13-16(2)24-21(23-15)27-11-6-7-17(14-27)20(29)22-10-5-9-19-26-25-18-8-3-4-12-28(18)19/h3-4,8,12-13,17H,5-7,9-11,14H2,1-2H3,(H,22,29). The molecule has 1 amide bonds. The van der Waals surface area contributed by atoms with E-state index in [4.69, 9.17) is 0 Å². The van der Waals surface area contributed by atoms with Crippen LogP contribution in [0.2, 0.25) is 0 Å². The van der Waals surface area contributed by atoms with Crippen molar-refractivity contribution in [2.24, 2.45) is 5.92 Å². The van der Waals surface area contributed by atoms with E-state index < -0.39 is 0 Å². The normalized spacial score (nSPS) is 16.9. The summed E-state index contributed by atoms with van der Waals surface area (Å²) in [7, 11) is 0.